The second-order valence-electron chi connectivity index (χ2n) is 8.35. The Morgan fingerprint density at radius 3 is 2.26 bits per heavy atom. The first-order valence-corrected chi connectivity index (χ1v) is 10.5. The normalized spacial score (nSPS) is 13.2. The molecule has 0 aliphatic carbocycles. The number of likely N-dealkylation sites (N-methyl/N-ethyl adjacent to an activating group) is 1. The van der Waals surface area contributed by atoms with Gasteiger partial charge in [0.1, 0.15) is 18.5 Å². The minimum Gasteiger partial charge on any atom is -0.504 e. The van der Waals surface area contributed by atoms with Gasteiger partial charge in [-0.2, -0.15) is 0 Å². The van der Waals surface area contributed by atoms with E-state index in [-0.39, 0.29) is 23.6 Å². The molecule has 0 heterocycles. The van der Waals surface area contributed by atoms with Gasteiger partial charge in [-0.25, -0.2) is 0 Å². The van der Waals surface area contributed by atoms with Crippen LogP contribution in [0.1, 0.15) is 38.0 Å². The van der Waals surface area contributed by atoms with E-state index in [0.29, 0.717) is 29.4 Å². The van der Waals surface area contributed by atoms with Gasteiger partial charge >= 0.3 is 0 Å². The number of phenolic OH excluding ortho intramolecular Hbond substituents is 2. The van der Waals surface area contributed by atoms with Crippen LogP contribution in [0.25, 0.3) is 0 Å². The third-order valence-electron chi connectivity index (χ3n) is 4.17. The van der Waals surface area contributed by atoms with Crippen LogP contribution in [0, 0.1) is 6.92 Å². The van der Waals surface area contributed by atoms with Gasteiger partial charge in [-0.05, 0) is 70.1 Å². The third-order valence-corrected chi connectivity index (χ3v) is 4.48. The number of β-amino-alcohol motifs (C(OH)–C–C–N with tert-alkyl or cyclic N) is 1. The number of hydrogen-bond donors (Lipinski definition) is 6. The van der Waals surface area contributed by atoms with E-state index in [4.69, 9.17) is 26.6 Å². The molecule has 0 aromatic heterocycles. The number of aromatic hydroxyl groups is 2. The molecule has 0 fully saturated rings. The second kappa shape index (κ2) is 12.7. The van der Waals surface area contributed by atoms with Crippen molar-refractivity contribution in [2.45, 2.75) is 45.4 Å². The van der Waals surface area contributed by atoms with Crippen molar-refractivity contribution in [3.05, 3.63) is 52.5 Å². The van der Waals surface area contributed by atoms with Crippen LogP contribution < -0.4 is 15.4 Å². The summed E-state index contributed by atoms with van der Waals surface area (Å²) in [5.41, 5.74) is 1.64. The van der Waals surface area contributed by atoms with Crippen molar-refractivity contribution in [2.24, 2.45) is 0 Å². The van der Waals surface area contributed by atoms with Gasteiger partial charge in [0.05, 0.1) is 11.1 Å². The smallest absolute Gasteiger partial charge is 0.157 e. The first-order valence-electron chi connectivity index (χ1n) is 10.1. The number of phenols is 2. The fraction of sp³-hybridized carbons (Fsp3) is 0.478. The Kier molecular flexibility index (Phi) is 11.1. The summed E-state index contributed by atoms with van der Waals surface area (Å²) in [6.07, 6.45) is -1.22. The van der Waals surface area contributed by atoms with E-state index in [0.717, 1.165) is 5.56 Å². The number of aliphatic hydroxyl groups excluding tert-OH is 2. The summed E-state index contributed by atoms with van der Waals surface area (Å²) in [5, 5.41) is 44.0. The molecule has 7 nitrogen and oxygen atoms in total. The fourth-order valence-corrected chi connectivity index (χ4v) is 2.62. The molecule has 0 aliphatic heterocycles. The predicted octanol–water partition coefficient (Wildman–Crippen LogP) is 3.13. The number of rotatable bonds is 8. The van der Waals surface area contributed by atoms with Crippen LogP contribution in [0.2, 0.25) is 5.02 Å². The molecule has 2 aromatic rings. The summed E-state index contributed by atoms with van der Waals surface area (Å²) in [5.74, 6) is 0.222. The largest absolute Gasteiger partial charge is 0.504 e. The van der Waals surface area contributed by atoms with Gasteiger partial charge < -0.3 is 35.8 Å². The summed E-state index contributed by atoms with van der Waals surface area (Å²) in [6.45, 7) is 9.26. The van der Waals surface area contributed by atoms with Crippen LogP contribution in [0.5, 0.6) is 17.2 Å². The Hall–Kier alpha value is -2.03. The number of halogens is 1. The highest BCUT2D eigenvalue weighted by Gasteiger charge is 2.13. The van der Waals surface area contributed by atoms with Gasteiger partial charge in [-0.1, -0.05) is 23.7 Å². The second-order valence-corrected chi connectivity index (χ2v) is 8.76. The number of hydrogen-bond acceptors (Lipinski definition) is 7. The van der Waals surface area contributed by atoms with Crippen molar-refractivity contribution in [3.63, 3.8) is 0 Å². The minimum atomic E-state index is -0.670. The van der Waals surface area contributed by atoms with E-state index in [1.54, 1.807) is 19.2 Å². The Labute approximate surface area is 189 Å². The van der Waals surface area contributed by atoms with Gasteiger partial charge in [-0.3, -0.25) is 0 Å². The lowest BCUT2D eigenvalue weighted by atomic mass is 10.1. The van der Waals surface area contributed by atoms with Gasteiger partial charge in [0.15, 0.2) is 11.5 Å². The topological polar surface area (TPSA) is 114 Å². The van der Waals surface area contributed by atoms with Crippen LogP contribution in [-0.4, -0.2) is 58.8 Å². The molecule has 0 saturated heterocycles. The van der Waals surface area contributed by atoms with Crippen LogP contribution in [0.3, 0.4) is 0 Å². The van der Waals surface area contributed by atoms with Crippen LogP contribution in [-0.2, 0) is 0 Å². The molecule has 31 heavy (non-hydrogen) atoms. The van der Waals surface area contributed by atoms with Gasteiger partial charge in [0, 0.05) is 18.6 Å². The third kappa shape index (κ3) is 10.7. The van der Waals surface area contributed by atoms with E-state index in [1.807, 2.05) is 19.1 Å². The fourth-order valence-electron chi connectivity index (χ4n) is 2.45. The number of aryl methyl sites for hydroxylation is 1. The maximum Gasteiger partial charge on any atom is 0.157 e. The maximum atomic E-state index is 9.80. The molecule has 0 spiro atoms. The van der Waals surface area contributed by atoms with E-state index >= 15 is 0 Å². The Morgan fingerprint density at radius 1 is 1.00 bits per heavy atom. The standard InChI is InChI=1S/C14H22ClNO2.C9H13NO3/c1-10-5-6-12(15)13(7-10)18-9-11(17)8-16-14(2,3)4;1-10-5-9(13)6-2-3-7(11)8(12)4-6/h5-7,11,16-17H,8-9H2,1-4H3;2-4,9-13H,5H2,1H3/t;9-/m.0/s1. The number of ether oxygens (including phenoxy) is 1. The quantitative estimate of drug-likeness (QED) is 0.339. The molecule has 174 valence electrons. The lowest BCUT2D eigenvalue weighted by molar-refractivity contribution is 0.100. The van der Waals surface area contributed by atoms with Crippen LogP contribution >= 0.6 is 11.6 Å². The highest BCUT2D eigenvalue weighted by molar-refractivity contribution is 6.32. The molecule has 0 bridgehead atoms. The Morgan fingerprint density at radius 2 is 1.68 bits per heavy atom. The lowest BCUT2D eigenvalue weighted by Crippen LogP contribution is -2.42. The molecule has 0 radical (unpaired) electrons. The molecular weight excluding hydrogens is 420 g/mol. The number of benzene rings is 2. The first kappa shape index (κ1) is 27.0. The number of aliphatic hydroxyl groups is 2. The lowest BCUT2D eigenvalue weighted by Gasteiger charge is -2.23. The highest BCUT2D eigenvalue weighted by Crippen LogP contribution is 2.27. The van der Waals surface area contributed by atoms with Crippen LogP contribution in [0.15, 0.2) is 36.4 Å². The monoisotopic (exact) mass is 454 g/mol. The summed E-state index contributed by atoms with van der Waals surface area (Å²) in [6, 6.07) is 9.85. The molecule has 6 N–H and O–H groups in total. The van der Waals surface area contributed by atoms with E-state index in [2.05, 4.69) is 31.4 Å². The molecule has 1 unspecified atom stereocenters. The molecule has 2 atom stereocenters. The zero-order valence-electron chi connectivity index (χ0n) is 18.8. The molecule has 8 heteroatoms. The SMILES string of the molecule is CNC[C@H](O)c1ccc(O)c(O)c1.Cc1ccc(Cl)c(OCC(O)CNC(C)(C)C)c1. The summed E-state index contributed by atoms with van der Waals surface area (Å²) < 4.78 is 5.52. The minimum absolute atomic E-state index is 0.0119. The highest BCUT2D eigenvalue weighted by atomic mass is 35.5. The predicted molar refractivity (Wildman–Crippen MR) is 124 cm³/mol. The van der Waals surface area contributed by atoms with Crippen LogP contribution in [0.4, 0.5) is 0 Å². The Balaban J connectivity index is 0.000000327. The van der Waals surface area contributed by atoms with Gasteiger partial charge in [0.25, 0.3) is 0 Å². The molecular formula is C23H35ClN2O5. The first-order chi connectivity index (χ1) is 14.4. The zero-order valence-corrected chi connectivity index (χ0v) is 19.6. The summed E-state index contributed by atoms with van der Waals surface area (Å²) in [7, 11) is 1.73. The van der Waals surface area contributed by atoms with E-state index in [1.165, 1.54) is 12.1 Å². The van der Waals surface area contributed by atoms with Crippen molar-refractivity contribution in [1.29, 1.82) is 0 Å². The van der Waals surface area contributed by atoms with Crippen molar-refractivity contribution in [3.8, 4) is 17.2 Å². The molecule has 0 saturated carbocycles. The average Bonchev–Trinajstić information content (AvgIpc) is 2.69. The maximum absolute atomic E-state index is 9.80. The zero-order chi connectivity index (χ0) is 23.6. The molecule has 2 aromatic carbocycles. The molecule has 0 aliphatic rings. The van der Waals surface area contributed by atoms with Crippen molar-refractivity contribution in [2.75, 3.05) is 26.7 Å². The average molecular weight is 455 g/mol. The van der Waals surface area contributed by atoms with E-state index in [9.17, 15) is 10.2 Å². The van der Waals surface area contributed by atoms with Crippen molar-refractivity contribution >= 4 is 11.6 Å². The molecule has 2 rings (SSSR count). The van der Waals surface area contributed by atoms with Gasteiger partial charge in [0.2, 0.25) is 0 Å². The number of nitrogens with one attached hydrogen (secondary N) is 2. The molecule has 0 amide bonds. The van der Waals surface area contributed by atoms with Gasteiger partial charge in [-0.15, -0.1) is 0 Å². The van der Waals surface area contributed by atoms with Crippen molar-refractivity contribution in [1.82, 2.24) is 10.6 Å². The van der Waals surface area contributed by atoms with Crippen molar-refractivity contribution < 1.29 is 25.2 Å². The summed E-state index contributed by atoms with van der Waals surface area (Å²) >= 11 is 6.01. The summed E-state index contributed by atoms with van der Waals surface area (Å²) in [4.78, 5) is 0. The van der Waals surface area contributed by atoms with E-state index < -0.39 is 12.2 Å². The Bertz CT molecular complexity index is 811.